The number of sulfonamides is 1. The minimum atomic E-state index is -3.50. The van der Waals surface area contributed by atoms with Crippen molar-refractivity contribution in [1.29, 1.82) is 0 Å². The summed E-state index contributed by atoms with van der Waals surface area (Å²) in [5.74, 6) is 0. The van der Waals surface area contributed by atoms with Crippen molar-refractivity contribution < 1.29 is 8.42 Å². The number of rotatable bonds is 3. The number of nitrogens with zero attached hydrogens (tertiary/aromatic N) is 1. The molecule has 100 valence electrons. The van der Waals surface area contributed by atoms with Crippen molar-refractivity contribution in [3.05, 3.63) is 27.7 Å². The van der Waals surface area contributed by atoms with E-state index in [1.165, 1.54) is 10.4 Å². The van der Waals surface area contributed by atoms with Gasteiger partial charge < -0.3 is 5.32 Å². The molecule has 0 amide bonds. The summed E-state index contributed by atoms with van der Waals surface area (Å²) in [5, 5.41) is 3.34. The molecule has 1 fully saturated rings. The fraction of sp³-hybridized carbons (Fsp3) is 0.455. The predicted octanol–water partition coefficient (Wildman–Crippen LogP) is 2.08. The second-order valence-corrected chi connectivity index (χ2v) is 7.33. The lowest BCUT2D eigenvalue weighted by Gasteiger charge is -2.17. The van der Waals surface area contributed by atoms with Crippen molar-refractivity contribution >= 4 is 37.6 Å². The average Bonchev–Trinajstić information content (AvgIpc) is 2.81. The molecule has 0 spiro atoms. The van der Waals surface area contributed by atoms with Gasteiger partial charge in [0.1, 0.15) is 4.90 Å². The smallest absolute Gasteiger partial charge is 0.244 e. The Morgan fingerprint density at radius 2 is 2.22 bits per heavy atom. The fourth-order valence-corrected chi connectivity index (χ4v) is 4.51. The van der Waals surface area contributed by atoms with Crippen molar-refractivity contribution in [1.82, 2.24) is 9.62 Å². The van der Waals surface area contributed by atoms with E-state index in [4.69, 9.17) is 11.6 Å². The Morgan fingerprint density at radius 1 is 1.50 bits per heavy atom. The maximum Gasteiger partial charge on any atom is 0.244 e. The summed E-state index contributed by atoms with van der Waals surface area (Å²) in [6, 6.07) is 5.15. The van der Waals surface area contributed by atoms with Gasteiger partial charge in [-0.25, -0.2) is 8.42 Å². The monoisotopic (exact) mass is 352 g/mol. The molecule has 1 atom stereocenters. The van der Waals surface area contributed by atoms with Gasteiger partial charge in [-0.2, -0.15) is 4.31 Å². The van der Waals surface area contributed by atoms with Crippen molar-refractivity contribution in [3.8, 4) is 0 Å². The van der Waals surface area contributed by atoms with E-state index in [-0.39, 0.29) is 16.0 Å². The third-order valence-corrected chi connectivity index (χ3v) is 6.41. The van der Waals surface area contributed by atoms with E-state index in [0.29, 0.717) is 17.6 Å². The lowest BCUT2D eigenvalue weighted by Crippen LogP contribution is -2.33. The summed E-state index contributed by atoms with van der Waals surface area (Å²) < 4.78 is 27.0. The lowest BCUT2D eigenvalue weighted by atomic mass is 10.3. The molecule has 0 saturated carbocycles. The van der Waals surface area contributed by atoms with Crippen LogP contribution in [0.5, 0.6) is 0 Å². The molecular weight excluding hydrogens is 340 g/mol. The number of likely N-dealkylation sites (N-methyl/N-ethyl adjacent to an activating group) is 1. The summed E-state index contributed by atoms with van der Waals surface area (Å²) in [6.45, 7) is 1.01. The Balaban J connectivity index is 2.35. The van der Waals surface area contributed by atoms with Crippen molar-refractivity contribution in [2.24, 2.45) is 0 Å². The van der Waals surface area contributed by atoms with E-state index in [9.17, 15) is 8.42 Å². The molecule has 1 aliphatic heterocycles. The molecular formula is C11H14BrClN2O2S. The molecule has 7 heteroatoms. The van der Waals surface area contributed by atoms with E-state index >= 15 is 0 Å². The number of hydrogen-bond acceptors (Lipinski definition) is 3. The molecule has 1 aromatic carbocycles. The van der Waals surface area contributed by atoms with Crippen LogP contribution in [0, 0.1) is 0 Å². The summed E-state index contributed by atoms with van der Waals surface area (Å²) in [5.41, 5.74) is 0. The topological polar surface area (TPSA) is 49.4 Å². The SMILES string of the molecule is CNC1CCN(S(=O)(=O)c2cccc(Br)c2Cl)C1. The first-order valence-electron chi connectivity index (χ1n) is 5.58. The summed E-state index contributed by atoms with van der Waals surface area (Å²) in [4.78, 5) is 0.162. The zero-order valence-electron chi connectivity index (χ0n) is 9.86. The molecule has 1 N–H and O–H groups in total. The first-order valence-corrected chi connectivity index (χ1v) is 8.19. The van der Waals surface area contributed by atoms with Crippen LogP contribution in [0.25, 0.3) is 0 Å². The van der Waals surface area contributed by atoms with Crippen LogP contribution >= 0.6 is 27.5 Å². The Bertz CT molecular complexity index is 550. The highest BCUT2D eigenvalue weighted by molar-refractivity contribution is 9.10. The molecule has 0 radical (unpaired) electrons. The van der Waals surface area contributed by atoms with Gasteiger partial charge in [0.25, 0.3) is 0 Å². The second-order valence-electron chi connectivity index (χ2n) is 4.19. The van der Waals surface area contributed by atoms with Crippen LogP contribution in [0.15, 0.2) is 27.6 Å². The zero-order chi connectivity index (χ0) is 13.3. The maximum absolute atomic E-state index is 12.5. The molecule has 1 aliphatic rings. The summed E-state index contributed by atoms with van der Waals surface area (Å²) >= 11 is 9.30. The van der Waals surface area contributed by atoms with Gasteiger partial charge in [-0.3, -0.25) is 0 Å². The van der Waals surface area contributed by atoms with Gasteiger partial charge in [-0.15, -0.1) is 0 Å². The standard InChI is InChI=1S/C11H14BrClN2O2S/c1-14-8-5-6-15(7-8)18(16,17)10-4-2-3-9(12)11(10)13/h2-4,8,14H,5-7H2,1H3. The van der Waals surface area contributed by atoms with E-state index < -0.39 is 10.0 Å². The zero-order valence-corrected chi connectivity index (χ0v) is 13.0. The fourth-order valence-electron chi connectivity index (χ4n) is 2.00. The Morgan fingerprint density at radius 3 is 2.83 bits per heavy atom. The number of halogens is 2. The minimum Gasteiger partial charge on any atom is -0.316 e. The largest absolute Gasteiger partial charge is 0.316 e. The van der Waals surface area contributed by atoms with Crippen LogP contribution < -0.4 is 5.32 Å². The normalized spacial score (nSPS) is 21.4. The van der Waals surface area contributed by atoms with Crippen LogP contribution in [-0.2, 0) is 10.0 Å². The number of hydrogen-bond donors (Lipinski definition) is 1. The highest BCUT2D eigenvalue weighted by Gasteiger charge is 2.33. The van der Waals surface area contributed by atoms with Gasteiger partial charge in [0.05, 0.1) is 5.02 Å². The highest BCUT2D eigenvalue weighted by Crippen LogP contribution is 2.32. The van der Waals surface area contributed by atoms with Gasteiger partial charge in [-0.05, 0) is 41.5 Å². The second kappa shape index (κ2) is 5.46. The van der Waals surface area contributed by atoms with Gasteiger partial charge >= 0.3 is 0 Å². The van der Waals surface area contributed by atoms with Crippen LogP contribution in [0.3, 0.4) is 0 Å². The minimum absolute atomic E-state index is 0.162. The summed E-state index contributed by atoms with van der Waals surface area (Å²) in [7, 11) is -1.66. The Labute approximate surface area is 120 Å². The number of benzene rings is 1. The first kappa shape index (κ1) is 14.3. The predicted molar refractivity (Wildman–Crippen MR) is 75.4 cm³/mol. The molecule has 0 aromatic heterocycles. The van der Waals surface area contributed by atoms with Crippen LogP contribution in [0.2, 0.25) is 5.02 Å². The lowest BCUT2D eigenvalue weighted by molar-refractivity contribution is 0.464. The van der Waals surface area contributed by atoms with Gasteiger partial charge in [-0.1, -0.05) is 17.7 Å². The van der Waals surface area contributed by atoms with E-state index in [1.54, 1.807) is 12.1 Å². The quantitative estimate of drug-likeness (QED) is 0.905. The summed E-state index contributed by atoms with van der Waals surface area (Å²) in [6.07, 6.45) is 0.821. The Kier molecular flexibility index (Phi) is 4.33. The van der Waals surface area contributed by atoms with E-state index in [1.807, 2.05) is 7.05 Å². The van der Waals surface area contributed by atoms with E-state index in [0.717, 1.165) is 6.42 Å². The van der Waals surface area contributed by atoms with Crippen LogP contribution in [0.1, 0.15) is 6.42 Å². The van der Waals surface area contributed by atoms with E-state index in [2.05, 4.69) is 21.2 Å². The molecule has 1 heterocycles. The molecule has 1 aromatic rings. The van der Waals surface area contributed by atoms with Crippen molar-refractivity contribution in [2.45, 2.75) is 17.4 Å². The first-order chi connectivity index (χ1) is 8.46. The van der Waals surface area contributed by atoms with Gasteiger partial charge in [0.15, 0.2) is 0 Å². The molecule has 18 heavy (non-hydrogen) atoms. The molecule has 0 bridgehead atoms. The van der Waals surface area contributed by atoms with Gasteiger partial charge in [0.2, 0.25) is 10.0 Å². The highest BCUT2D eigenvalue weighted by atomic mass is 79.9. The molecule has 1 unspecified atom stereocenters. The number of nitrogens with one attached hydrogen (secondary N) is 1. The maximum atomic E-state index is 12.5. The molecule has 2 rings (SSSR count). The third-order valence-electron chi connectivity index (χ3n) is 3.09. The molecule has 0 aliphatic carbocycles. The van der Waals surface area contributed by atoms with Crippen molar-refractivity contribution in [2.75, 3.05) is 20.1 Å². The average molecular weight is 354 g/mol. The molecule has 1 saturated heterocycles. The Hall–Kier alpha value is -0.140. The van der Waals surface area contributed by atoms with Gasteiger partial charge in [0, 0.05) is 23.6 Å². The van der Waals surface area contributed by atoms with Crippen LogP contribution in [-0.4, -0.2) is 38.9 Å². The van der Waals surface area contributed by atoms with Crippen LogP contribution in [0.4, 0.5) is 0 Å². The van der Waals surface area contributed by atoms with Crippen molar-refractivity contribution in [3.63, 3.8) is 0 Å². The molecule has 4 nitrogen and oxygen atoms in total. The third kappa shape index (κ3) is 2.58.